The monoisotopic (exact) mass is 356 g/mol. The number of carbonyl (C=O) groups is 2. The van der Waals surface area contributed by atoms with Crippen LogP contribution in [0.25, 0.3) is 0 Å². The second kappa shape index (κ2) is 8.38. The second-order valence-electron chi connectivity index (χ2n) is 6.31. The van der Waals surface area contributed by atoms with Crippen LogP contribution >= 0.6 is 0 Å². The third-order valence-corrected chi connectivity index (χ3v) is 4.19. The highest BCUT2D eigenvalue weighted by molar-refractivity contribution is 5.97. The van der Waals surface area contributed by atoms with Crippen molar-refractivity contribution < 1.29 is 19.4 Å². The molecular formula is C20H24N2O4. The molecule has 2 aromatic carbocycles. The molecule has 0 atom stereocenters. The maximum absolute atomic E-state index is 12.0. The van der Waals surface area contributed by atoms with E-state index in [1.807, 2.05) is 20.8 Å². The molecule has 0 spiro atoms. The summed E-state index contributed by atoms with van der Waals surface area (Å²) in [5, 5.41) is 9.87. The predicted molar refractivity (Wildman–Crippen MR) is 99.2 cm³/mol. The van der Waals surface area contributed by atoms with E-state index in [4.69, 9.17) is 4.74 Å². The Morgan fingerprint density at radius 2 is 1.65 bits per heavy atom. The molecule has 0 heterocycles. The van der Waals surface area contributed by atoms with Gasteiger partial charge in [0, 0.05) is 6.42 Å². The highest BCUT2D eigenvalue weighted by Crippen LogP contribution is 2.21. The van der Waals surface area contributed by atoms with Gasteiger partial charge in [0.1, 0.15) is 5.75 Å². The van der Waals surface area contributed by atoms with Gasteiger partial charge in [0.2, 0.25) is 0 Å². The topological polar surface area (TPSA) is 87.7 Å². The van der Waals surface area contributed by atoms with Gasteiger partial charge in [-0.15, -0.1) is 0 Å². The molecule has 0 aliphatic rings. The van der Waals surface area contributed by atoms with Crippen molar-refractivity contribution in [1.82, 2.24) is 10.9 Å². The molecule has 2 aromatic rings. The first-order valence-electron chi connectivity index (χ1n) is 8.38. The predicted octanol–water partition coefficient (Wildman–Crippen LogP) is 3.24. The molecule has 2 amide bonds. The van der Waals surface area contributed by atoms with Crippen LogP contribution in [-0.4, -0.2) is 23.7 Å². The molecule has 0 radical (unpaired) electrons. The smallest absolute Gasteiger partial charge is 0.426 e. The van der Waals surface area contributed by atoms with Crippen molar-refractivity contribution in [1.29, 1.82) is 0 Å². The minimum absolute atomic E-state index is 0.0798. The number of phenolic OH excluding ortho intramolecular Hbond substituents is 1. The number of amides is 2. The van der Waals surface area contributed by atoms with Crippen molar-refractivity contribution in [2.45, 2.75) is 34.1 Å². The van der Waals surface area contributed by atoms with Crippen molar-refractivity contribution in [3.05, 3.63) is 63.7 Å². The van der Waals surface area contributed by atoms with Crippen molar-refractivity contribution >= 4 is 12.0 Å². The lowest BCUT2D eigenvalue weighted by Gasteiger charge is -2.12. The molecular weight excluding hydrogens is 332 g/mol. The molecule has 2 rings (SSSR count). The van der Waals surface area contributed by atoms with Crippen molar-refractivity contribution in [2.24, 2.45) is 0 Å². The van der Waals surface area contributed by atoms with E-state index in [-0.39, 0.29) is 17.9 Å². The highest BCUT2D eigenvalue weighted by Gasteiger charge is 2.13. The van der Waals surface area contributed by atoms with Gasteiger partial charge >= 0.3 is 6.09 Å². The van der Waals surface area contributed by atoms with E-state index in [0.29, 0.717) is 12.0 Å². The summed E-state index contributed by atoms with van der Waals surface area (Å²) >= 11 is 0. The van der Waals surface area contributed by atoms with Crippen LogP contribution in [0.4, 0.5) is 4.79 Å². The number of carbonyl (C=O) groups excluding carboxylic acids is 2. The van der Waals surface area contributed by atoms with Crippen molar-refractivity contribution in [2.75, 3.05) is 6.61 Å². The van der Waals surface area contributed by atoms with E-state index < -0.39 is 12.0 Å². The number of rotatable bonds is 4. The summed E-state index contributed by atoms with van der Waals surface area (Å²) in [6.45, 7) is 7.99. The maximum Gasteiger partial charge on any atom is 0.426 e. The standard InChI is InChI=1S/C20H24N2O4/c1-12-10-14(3)16(15(4)11-12)8-9-26-20(25)22-21-19(24)17-7-5-6-13(2)18(17)23/h5-7,10-11,23H,8-9H2,1-4H3,(H,21,24)(H,22,25). The van der Waals surface area contributed by atoms with Gasteiger partial charge < -0.3 is 9.84 Å². The Labute approximate surface area is 153 Å². The maximum atomic E-state index is 12.0. The number of benzene rings is 2. The van der Waals surface area contributed by atoms with Crippen LogP contribution in [0.2, 0.25) is 0 Å². The molecule has 0 aliphatic heterocycles. The van der Waals surface area contributed by atoms with Crippen molar-refractivity contribution in [3.63, 3.8) is 0 Å². The van der Waals surface area contributed by atoms with Crippen LogP contribution < -0.4 is 10.9 Å². The number of phenols is 1. The summed E-state index contributed by atoms with van der Waals surface area (Å²) in [4.78, 5) is 23.7. The molecule has 6 heteroatoms. The summed E-state index contributed by atoms with van der Waals surface area (Å²) in [6.07, 6.45) is -0.161. The first kappa shape index (κ1) is 19.3. The van der Waals surface area contributed by atoms with Gasteiger partial charge in [0.05, 0.1) is 12.2 Å². The number of aromatic hydroxyl groups is 1. The van der Waals surface area contributed by atoms with Crippen LogP contribution in [0, 0.1) is 27.7 Å². The van der Waals surface area contributed by atoms with E-state index in [1.54, 1.807) is 19.1 Å². The largest absolute Gasteiger partial charge is 0.507 e. The summed E-state index contributed by atoms with van der Waals surface area (Å²) in [6, 6.07) is 8.99. The lowest BCUT2D eigenvalue weighted by molar-refractivity contribution is 0.0907. The molecule has 3 N–H and O–H groups in total. The fraction of sp³-hybridized carbons (Fsp3) is 0.300. The van der Waals surface area contributed by atoms with Crippen molar-refractivity contribution in [3.8, 4) is 5.75 Å². The number of aryl methyl sites for hydroxylation is 4. The zero-order valence-corrected chi connectivity index (χ0v) is 15.5. The zero-order chi connectivity index (χ0) is 19.3. The minimum Gasteiger partial charge on any atom is -0.507 e. The Hall–Kier alpha value is -3.02. The Morgan fingerprint density at radius 1 is 1.00 bits per heavy atom. The molecule has 6 nitrogen and oxygen atoms in total. The van der Waals surface area contributed by atoms with Crippen LogP contribution in [0.3, 0.4) is 0 Å². The quantitative estimate of drug-likeness (QED) is 0.734. The first-order chi connectivity index (χ1) is 12.3. The van der Waals surface area contributed by atoms with Gasteiger partial charge in [-0.1, -0.05) is 29.8 Å². The molecule has 0 unspecified atom stereocenters. The Balaban J connectivity index is 1.83. The van der Waals surface area contributed by atoms with E-state index in [0.717, 1.165) is 16.7 Å². The Kier molecular flexibility index (Phi) is 6.22. The van der Waals surface area contributed by atoms with Gasteiger partial charge in [0.15, 0.2) is 0 Å². The third kappa shape index (κ3) is 4.75. The molecule has 0 saturated carbocycles. The molecule has 0 saturated heterocycles. The van der Waals surface area contributed by atoms with E-state index >= 15 is 0 Å². The van der Waals surface area contributed by atoms with Crippen LogP contribution in [-0.2, 0) is 11.2 Å². The van der Waals surface area contributed by atoms with Crippen LogP contribution in [0.1, 0.15) is 38.2 Å². The first-order valence-corrected chi connectivity index (χ1v) is 8.38. The average Bonchev–Trinajstić information content (AvgIpc) is 2.57. The lowest BCUT2D eigenvalue weighted by Crippen LogP contribution is -2.42. The molecule has 0 bridgehead atoms. The number of nitrogens with one attached hydrogen (secondary N) is 2. The summed E-state index contributed by atoms with van der Waals surface area (Å²) in [5.41, 5.74) is 9.73. The average molecular weight is 356 g/mol. The summed E-state index contributed by atoms with van der Waals surface area (Å²) < 4.78 is 5.10. The minimum atomic E-state index is -0.757. The Bertz CT molecular complexity index is 808. The lowest BCUT2D eigenvalue weighted by atomic mass is 9.98. The Morgan fingerprint density at radius 3 is 2.31 bits per heavy atom. The highest BCUT2D eigenvalue weighted by atomic mass is 16.6. The van der Waals surface area contributed by atoms with E-state index in [1.165, 1.54) is 11.6 Å². The van der Waals surface area contributed by atoms with Crippen LogP contribution in [0.5, 0.6) is 5.75 Å². The number of ether oxygens (including phenoxy) is 1. The van der Waals surface area contributed by atoms with Gasteiger partial charge in [-0.2, -0.15) is 0 Å². The van der Waals surface area contributed by atoms with Crippen LogP contribution in [0.15, 0.2) is 30.3 Å². The molecule has 26 heavy (non-hydrogen) atoms. The SMILES string of the molecule is Cc1cc(C)c(CCOC(=O)NNC(=O)c2cccc(C)c2O)c(C)c1. The van der Waals surface area contributed by atoms with Gasteiger partial charge in [-0.25, -0.2) is 10.2 Å². The third-order valence-electron chi connectivity index (χ3n) is 4.19. The molecule has 0 fully saturated rings. The molecule has 0 aliphatic carbocycles. The second-order valence-corrected chi connectivity index (χ2v) is 6.31. The summed E-state index contributed by atoms with van der Waals surface area (Å²) in [7, 11) is 0. The van der Waals surface area contributed by atoms with Gasteiger partial charge in [-0.3, -0.25) is 10.2 Å². The van der Waals surface area contributed by atoms with E-state index in [9.17, 15) is 14.7 Å². The normalized spacial score (nSPS) is 10.3. The number of hydrazine groups is 1. The number of para-hydroxylation sites is 1. The summed E-state index contributed by atoms with van der Waals surface area (Å²) in [5.74, 6) is -0.737. The van der Waals surface area contributed by atoms with Gasteiger partial charge in [0.25, 0.3) is 5.91 Å². The fourth-order valence-electron chi connectivity index (χ4n) is 2.90. The molecule has 138 valence electrons. The molecule has 0 aromatic heterocycles. The van der Waals surface area contributed by atoms with Gasteiger partial charge in [-0.05, 0) is 56.0 Å². The number of hydrogen-bond acceptors (Lipinski definition) is 4. The number of hydrogen-bond donors (Lipinski definition) is 3. The fourth-order valence-corrected chi connectivity index (χ4v) is 2.90. The van der Waals surface area contributed by atoms with E-state index in [2.05, 4.69) is 23.0 Å². The zero-order valence-electron chi connectivity index (χ0n) is 15.5.